The number of amides is 1. The Kier molecular flexibility index (Phi) is 9.45. The maximum Gasteiger partial charge on any atom is 0.280 e. The van der Waals surface area contributed by atoms with Crippen molar-refractivity contribution in [1.82, 2.24) is 14.9 Å². The first-order valence-corrected chi connectivity index (χ1v) is 15.9. The summed E-state index contributed by atoms with van der Waals surface area (Å²) in [5, 5.41) is 7.28. The highest BCUT2D eigenvalue weighted by Crippen LogP contribution is 2.27. The number of hydrogen-bond acceptors (Lipinski definition) is 12. The first-order chi connectivity index (χ1) is 19.8. The molecule has 1 aromatic carbocycles. The molecule has 2 aliphatic rings. The number of pyridine rings is 1. The number of anilines is 1. The molecule has 0 radical (unpaired) electrons. The number of carbonyl (C=O) groups is 1. The van der Waals surface area contributed by atoms with Crippen molar-refractivity contribution in [3.63, 3.8) is 0 Å². The lowest BCUT2D eigenvalue weighted by molar-refractivity contribution is -0.110. The second-order valence-electron chi connectivity index (χ2n) is 9.96. The number of aromatic nitrogens is 2. The minimum atomic E-state index is -3.49. The van der Waals surface area contributed by atoms with E-state index >= 15 is 0 Å². The van der Waals surface area contributed by atoms with Crippen molar-refractivity contribution in [3.05, 3.63) is 42.0 Å². The number of fused-ring (bicyclic) bond motifs is 1. The summed E-state index contributed by atoms with van der Waals surface area (Å²) in [6, 6.07) is 9.60. The van der Waals surface area contributed by atoms with Crippen LogP contribution in [-0.4, -0.2) is 99.9 Å². The van der Waals surface area contributed by atoms with E-state index in [1.165, 1.54) is 30.6 Å². The third-order valence-corrected chi connectivity index (χ3v) is 9.43. The monoisotopic (exact) mass is 603 g/mol. The zero-order valence-electron chi connectivity index (χ0n) is 22.9. The van der Waals surface area contributed by atoms with Crippen LogP contribution in [0.3, 0.4) is 0 Å². The molecule has 0 bridgehead atoms. The van der Waals surface area contributed by atoms with Gasteiger partial charge in [0, 0.05) is 44.9 Å². The molecule has 1 amide bonds. The molecular weight excluding hydrogens is 570 g/mol. The fraction of sp³-hybridized carbons (Fsp3) is 0.481. The standard InChI is InChI=1S/C27H33N5O7S2/c1-32-12-10-19(16-32)38-23-9-8-22-26(29-23)40-27(28-22)30-25(33)24(31-39-20-11-14-37-17-20)18-4-6-21(7-5-18)41(34,35)15-3-13-36-2/h4-9,19-20H,3,10-17H2,1-2H3,(H,28,30,33)/b31-24+/t19-,20-/m1/s1. The number of carbonyl (C=O) groups excluding carboxylic acids is 1. The zero-order valence-corrected chi connectivity index (χ0v) is 24.6. The van der Waals surface area contributed by atoms with Crippen LogP contribution < -0.4 is 10.1 Å². The Morgan fingerprint density at radius 3 is 2.71 bits per heavy atom. The van der Waals surface area contributed by atoms with Gasteiger partial charge in [-0.15, -0.1) is 0 Å². The van der Waals surface area contributed by atoms with Crippen LogP contribution in [0.5, 0.6) is 5.88 Å². The van der Waals surface area contributed by atoms with E-state index in [0.29, 0.717) is 59.6 Å². The maximum atomic E-state index is 13.4. The van der Waals surface area contributed by atoms with Gasteiger partial charge in [-0.2, -0.15) is 0 Å². The Morgan fingerprint density at radius 2 is 2.00 bits per heavy atom. The molecule has 0 unspecified atom stereocenters. The fourth-order valence-electron chi connectivity index (χ4n) is 4.52. The van der Waals surface area contributed by atoms with Gasteiger partial charge in [0.25, 0.3) is 5.91 Å². The molecule has 3 aromatic rings. The van der Waals surface area contributed by atoms with Crippen molar-refractivity contribution in [2.45, 2.75) is 36.4 Å². The quantitative estimate of drug-likeness (QED) is 0.187. The molecule has 41 heavy (non-hydrogen) atoms. The lowest BCUT2D eigenvalue weighted by atomic mass is 10.1. The third kappa shape index (κ3) is 7.57. The highest BCUT2D eigenvalue weighted by atomic mass is 32.2. The van der Waals surface area contributed by atoms with Crippen molar-refractivity contribution in [1.29, 1.82) is 0 Å². The van der Waals surface area contributed by atoms with Crippen LogP contribution in [0.1, 0.15) is 24.8 Å². The third-order valence-electron chi connectivity index (χ3n) is 6.73. The highest BCUT2D eigenvalue weighted by molar-refractivity contribution is 7.91. The molecule has 12 nitrogen and oxygen atoms in total. The van der Waals surface area contributed by atoms with Crippen LogP contribution >= 0.6 is 11.3 Å². The van der Waals surface area contributed by atoms with Gasteiger partial charge in [0.15, 0.2) is 26.8 Å². The molecule has 0 spiro atoms. The van der Waals surface area contributed by atoms with Gasteiger partial charge in [-0.05, 0) is 38.1 Å². The van der Waals surface area contributed by atoms with Crippen LogP contribution in [0.25, 0.3) is 10.3 Å². The molecule has 2 fully saturated rings. The Morgan fingerprint density at radius 1 is 1.17 bits per heavy atom. The van der Waals surface area contributed by atoms with E-state index in [1.54, 1.807) is 18.2 Å². The minimum Gasteiger partial charge on any atom is -0.473 e. The number of methoxy groups -OCH3 is 1. The van der Waals surface area contributed by atoms with Crippen LogP contribution in [0, 0.1) is 0 Å². The lowest BCUT2D eigenvalue weighted by Crippen LogP contribution is -2.25. The Bertz CT molecular complexity index is 1490. The van der Waals surface area contributed by atoms with Crippen molar-refractivity contribution in [2.75, 3.05) is 58.1 Å². The summed E-state index contributed by atoms with van der Waals surface area (Å²) in [5.41, 5.74) is 1.01. The second-order valence-corrected chi connectivity index (χ2v) is 13.0. The van der Waals surface area contributed by atoms with Crippen LogP contribution in [0.4, 0.5) is 5.13 Å². The number of thiazole rings is 1. The molecule has 4 heterocycles. The van der Waals surface area contributed by atoms with Crippen LogP contribution in [-0.2, 0) is 28.9 Å². The Balaban J connectivity index is 1.33. The van der Waals surface area contributed by atoms with Gasteiger partial charge in [-0.3, -0.25) is 10.1 Å². The number of likely N-dealkylation sites (N-methyl/N-ethyl adjacent to an activating group) is 1. The smallest absolute Gasteiger partial charge is 0.280 e. The number of ether oxygens (including phenoxy) is 3. The highest BCUT2D eigenvalue weighted by Gasteiger charge is 2.24. The predicted octanol–water partition coefficient (Wildman–Crippen LogP) is 2.73. The number of hydrogen-bond donors (Lipinski definition) is 1. The molecule has 2 aromatic heterocycles. The molecule has 14 heteroatoms. The van der Waals surface area contributed by atoms with E-state index in [-0.39, 0.29) is 28.6 Å². The number of nitrogens with one attached hydrogen (secondary N) is 1. The first-order valence-electron chi connectivity index (χ1n) is 13.4. The van der Waals surface area contributed by atoms with E-state index in [2.05, 4.69) is 32.4 Å². The van der Waals surface area contributed by atoms with Crippen molar-refractivity contribution in [2.24, 2.45) is 5.16 Å². The van der Waals surface area contributed by atoms with E-state index in [1.807, 2.05) is 6.07 Å². The van der Waals surface area contributed by atoms with E-state index in [9.17, 15) is 13.2 Å². The van der Waals surface area contributed by atoms with Gasteiger partial charge in [0.05, 0.1) is 23.9 Å². The number of likely N-dealkylation sites (tertiary alicyclic amines) is 1. The molecule has 2 saturated heterocycles. The second kappa shape index (κ2) is 13.2. The number of nitrogens with zero attached hydrogens (tertiary/aromatic N) is 4. The Hall–Kier alpha value is -3.17. The van der Waals surface area contributed by atoms with Crippen molar-refractivity contribution >= 4 is 48.3 Å². The van der Waals surface area contributed by atoms with Gasteiger partial charge < -0.3 is 23.9 Å². The largest absolute Gasteiger partial charge is 0.473 e. The Labute approximate surface area is 242 Å². The molecule has 2 aliphatic heterocycles. The normalized spacial score (nSPS) is 20.0. The fourth-order valence-corrected chi connectivity index (χ4v) is 6.63. The SMILES string of the molecule is COCCCS(=O)(=O)c1ccc(/C(=N\O[C@@H]2CCOC2)C(=O)Nc2nc3ccc(O[C@@H]4CCN(C)C4)nc3s2)cc1. The van der Waals surface area contributed by atoms with Gasteiger partial charge in [-0.1, -0.05) is 28.6 Å². The van der Waals surface area contributed by atoms with Gasteiger partial charge >= 0.3 is 0 Å². The zero-order chi connectivity index (χ0) is 28.8. The average Bonchev–Trinajstić information content (AvgIpc) is 3.70. The number of oxime groups is 1. The number of sulfone groups is 1. The van der Waals surface area contributed by atoms with Crippen LogP contribution in [0.15, 0.2) is 46.4 Å². The summed E-state index contributed by atoms with van der Waals surface area (Å²) in [6.07, 6.45) is 1.80. The van der Waals surface area contributed by atoms with Crippen molar-refractivity contribution < 1.29 is 32.3 Å². The molecule has 5 rings (SSSR count). The molecule has 0 aliphatic carbocycles. The van der Waals surface area contributed by atoms with Crippen molar-refractivity contribution in [3.8, 4) is 5.88 Å². The lowest BCUT2D eigenvalue weighted by Gasteiger charge is -2.12. The van der Waals surface area contributed by atoms with Gasteiger partial charge in [0.1, 0.15) is 16.5 Å². The van der Waals surface area contributed by atoms with E-state index < -0.39 is 15.7 Å². The predicted molar refractivity (Wildman–Crippen MR) is 154 cm³/mol. The summed E-state index contributed by atoms with van der Waals surface area (Å²) < 4.78 is 41.6. The van der Waals surface area contributed by atoms with E-state index in [0.717, 1.165) is 19.5 Å². The summed E-state index contributed by atoms with van der Waals surface area (Å²) in [5.74, 6) is -0.0714. The van der Waals surface area contributed by atoms with E-state index in [4.69, 9.17) is 19.0 Å². The number of benzene rings is 1. The summed E-state index contributed by atoms with van der Waals surface area (Å²) in [7, 11) is 0.0919. The average molecular weight is 604 g/mol. The minimum absolute atomic E-state index is 0.0122. The van der Waals surface area contributed by atoms with Crippen LogP contribution in [0.2, 0.25) is 0 Å². The molecule has 0 saturated carbocycles. The summed E-state index contributed by atoms with van der Waals surface area (Å²) in [6.45, 7) is 3.12. The number of rotatable bonds is 12. The van der Waals surface area contributed by atoms with Gasteiger partial charge in [0.2, 0.25) is 5.88 Å². The molecule has 220 valence electrons. The molecule has 1 N–H and O–H groups in total. The topological polar surface area (TPSA) is 142 Å². The first kappa shape index (κ1) is 29.3. The molecular formula is C27H33N5O7S2. The molecule has 2 atom stereocenters. The summed E-state index contributed by atoms with van der Waals surface area (Å²) in [4.78, 5) is 31.1. The summed E-state index contributed by atoms with van der Waals surface area (Å²) >= 11 is 1.22. The maximum absolute atomic E-state index is 13.4. The van der Waals surface area contributed by atoms with Gasteiger partial charge in [-0.25, -0.2) is 18.4 Å².